The van der Waals surface area contributed by atoms with E-state index in [9.17, 15) is 13.2 Å². The average molecular weight is 493 g/mol. The minimum atomic E-state index is -3.72. The summed E-state index contributed by atoms with van der Waals surface area (Å²) in [7, 11) is -3.72. The number of benzene rings is 2. The van der Waals surface area contributed by atoms with Crippen LogP contribution in [0.4, 0.5) is 0 Å². The van der Waals surface area contributed by atoms with Crippen molar-refractivity contribution in [3.63, 3.8) is 0 Å². The highest BCUT2D eigenvalue weighted by atomic mass is 32.2. The fourth-order valence-corrected chi connectivity index (χ4v) is 9.48. The summed E-state index contributed by atoms with van der Waals surface area (Å²) >= 11 is 0. The van der Waals surface area contributed by atoms with E-state index in [1.165, 1.54) is 36.5 Å². The van der Waals surface area contributed by atoms with Gasteiger partial charge in [0.1, 0.15) is 0 Å². The fraction of sp³-hybridized carbons (Fsp3) is 0.552. The molecule has 2 N–H and O–H groups in total. The van der Waals surface area contributed by atoms with Crippen LogP contribution in [0.2, 0.25) is 0 Å². The first-order valence-electron chi connectivity index (χ1n) is 13.3. The largest absolute Gasteiger partial charge is 0.345 e. The molecule has 4 saturated carbocycles. The van der Waals surface area contributed by atoms with Crippen LogP contribution in [-0.4, -0.2) is 20.4 Å². The molecule has 186 valence electrons. The molecule has 0 unspecified atom stereocenters. The molecule has 0 saturated heterocycles. The van der Waals surface area contributed by atoms with Crippen molar-refractivity contribution >= 4 is 15.9 Å². The smallest absolute Gasteiger partial charge is 0.251 e. The highest BCUT2D eigenvalue weighted by Gasteiger charge is 2.53. The Morgan fingerprint density at radius 3 is 2.37 bits per heavy atom. The Balaban J connectivity index is 1.18. The van der Waals surface area contributed by atoms with Gasteiger partial charge >= 0.3 is 0 Å². The quantitative estimate of drug-likeness (QED) is 0.569. The van der Waals surface area contributed by atoms with Gasteiger partial charge in [-0.1, -0.05) is 30.3 Å². The molecule has 5 nitrogen and oxygen atoms in total. The number of carbonyl (C=O) groups is 1. The number of hydrogen-bond donors (Lipinski definition) is 2. The molecular formula is C29H36N2O3S. The van der Waals surface area contributed by atoms with Crippen molar-refractivity contribution in [2.45, 2.75) is 81.7 Å². The summed E-state index contributed by atoms with van der Waals surface area (Å²) in [6.07, 6.45) is 10.4. The lowest BCUT2D eigenvalue weighted by Gasteiger charge is -2.59. The highest BCUT2D eigenvalue weighted by molar-refractivity contribution is 7.89. The van der Waals surface area contributed by atoms with Crippen molar-refractivity contribution in [1.29, 1.82) is 0 Å². The third-order valence-corrected chi connectivity index (χ3v) is 11.0. The molecule has 2 atom stereocenters. The lowest BCUT2D eigenvalue weighted by molar-refractivity contribution is -0.0666. The van der Waals surface area contributed by atoms with E-state index < -0.39 is 10.0 Å². The normalized spacial score (nSPS) is 32.1. The van der Waals surface area contributed by atoms with Gasteiger partial charge in [-0.05, 0) is 117 Å². The molecule has 5 aliphatic carbocycles. The number of amides is 1. The van der Waals surface area contributed by atoms with Gasteiger partial charge in [-0.25, -0.2) is 13.1 Å². The number of hydrogen-bond acceptors (Lipinski definition) is 3. The Bertz CT molecular complexity index is 1200. The molecule has 4 bridgehead atoms. The second kappa shape index (κ2) is 8.74. The molecule has 1 amide bonds. The van der Waals surface area contributed by atoms with Crippen LogP contribution in [0.3, 0.4) is 0 Å². The van der Waals surface area contributed by atoms with E-state index in [-0.39, 0.29) is 28.3 Å². The molecule has 0 radical (unpaired) electrons. The Morgan fingerprint density at radius 1 is 0.971 bits per heavy atom. The molecule has 0 aromatic heterocycles. The van der Waals surface area contributed by atoms with Gasteiger partial charge in [-0.3, -0.25) is 4.79 Å². The summed E-state index contributed by atoms with van der Waals surface area (Å²) in [5.74, 6) is 2.08. The molecule has 4 fully saturated rings. The van der Waals surface area contributed by atoms with E-state index in [0.29, 0.717) is 5.56 Å². The van der Waals surface area contributed by atoms with E-state index in [4.69, 9.17) is 0 Å². The lowest BCUT2D eigenvalue weighted by atomic mass is 9.48. The Morgan fingerprint density at radius 2 is 1.66 bits per heavy atom. The molecule has 2 aromatic rings. The number of nitrogens with one attached hydrogen (secondary N) is 2. The first kappa shape index (κ1) is 23.2. The van der Waals surface area contributed by atoms with Crippen molar-refractivity contribution in [3.8, 4) is 0 Å². The second-order valence-electron chi connectivity index (χ2n) is 11.8. The lowest BCUT2D eigenvalue weighted by Crippen LogP contribution is -2.55. The zero-order valence-corrected chi connectivity index (χ0v) is 21.3. The van der Waals surface area contributed by atoms with Crippen LogP contribution in [0.1, 0.15) is 85.8 Å². The summed E-state index contributed by atoms with van der Waals surface area (Å²) in [5, 5.41) is 3.15. The molecule has 35 heavy (non-hydrogen) atoms. The van der Waals surface area contributed by atoms with Crippen molar-refractivity contribution < 1.29 is 13.2 Å². The van der Waals surface area contributed by atoms with Gasteiger partial charge in [0.2, 0.25) is 10.0 Å². The maximum Gasteiger partial charge on any atom is 0.251 e. The highest BCUT2D eigenvalue weighted by Crippen LogP contribution is 2.61. The maximum atomic E-state index is 13.4. The molecular weight excluding hydrogens is 456 g/mol. The predicted molar refractivity (Wildman–Crippen MR) is 136 cm³/mol. The molecule has 0 aliphatic heterocycles. The van der Waals surface area contributed by atoms with Gasteiger partial charge in [0.15, 0.2) is 0 Å². The standard InChI is InChI=1S/C29H36N2O3S/c1-19(29-16-20-12-21(17-29)14-22(13-20)18-29)31-35(33,34)25-9-4-8-24(15-25)28(32)30-27-11-5-7-23-6-2-3-10-26(23)27/h2-4,6,8-10,15,19-22,27,31H,5,7,11-14,16-18H2,1H3,(H,30,32)/t19-,20?,21?,22?,27-,29?/m0/s1. The fourth-order valence-electron chi connectivity index (χ4n) is 8.08. The monoisotopic (exact) mass is 492 g/mol. The topological polar surface area (TPSA) is 75.3 Å². The first-order valence-corrected chi connectivity index (χ1v) is 14.8. The summed E-state index contributed by atoms with van der Waals surface area (Å²) in [4.78, 5) is 13.3. The van der Waals surface area contributed by atoms with Crippen LogP contribution in [0.15, 0.2) is 53.4 Å². The third-order valence-electron chi connectivity index (χ3n) is 9.42. The molecule has 0 heterocycles. The Kier molecular flexibility index (Phi) is 5.80. The van der Waals surface area contributed by atoms with Gasteiger partial charge in [0.05, 0.1) is 10.9 Å². The number of carbonyl (C=O) groups excluding carboxylic acids is 1. The predicted octanol–water partition coefficient (Wildman–Crippen LogP) is 5.38. The van der Waals surface area contributed by atoms with Crippen LogP contribution in [0.5, 0.6) is 0 Å². The maximum absolute atomic E-state index is 13.4. The van der Waals surface area contributed by atoms with Crippen molar-refractivity contribution in [3.05, 3.63) is 65.2 Å². The SMILES string of the molecule is C[C@H](NS(=O)(=O)c1cccc(C(=O)N[C@H]2CCCc3ccccc32)c1)C12CC3CC(CC(C3)C1)C2. The number of fused-ring (bicyclic) bond motifs is 1. The van der Waals surface area contributed by atoms with E-state index in [2.05, 4.69) is 29.1 Å². The molecule has 5 aliphatic rings. The van der Waals surface area contributed by atoms with Crippen LogP contribution >= 0.6 is 0 Å². The van der Waals surface area contributed by atoms with Gasteiger partial charge in [0, 0.05) is 11.6 Å². The van der Waals surface area contributed by atoms with Crippen LogP contribution in [-0.2, 0) is 16.4 Å². The summed E-state index contributed by atoms with van der Waals surface area (Å²) in [6, 6.07) is 14.6. The van der Waals surface area contributed by atoms with Gasteiger partial charge in [-0.2, -0.15) is 0 Å². The number of rotatable bonds is 6. The molecule has 6 heteroatoms. The zero-order chi connectivity index (χ0) is 24.2. The Labute approximate surface area is 209 Å². The third kappa shape index (κ3) is 4.33. The van der Waals surface area contributed by atoms with E-state index in [1.54, 1.807) is 18.2 Å². The van der Waals surface area contributed by atoms with Crippen LogP contribution in [0.25, 0.3) is 0 Å². The van der Waals surface area contributed by atoms with Gasteiger partial charge < -0.3 is 5.32 Å². The van der Waals surface area contributed by atoms with Crippen molar-refractivity contribution in [1.82, 2.24) is 10.0 Å². The second-order valence-corrected chi connectivity index (χ2v) is 13.5. The van der Waals surface area contributed by atoms with Crippen LogP contribution in [0, 0.1) is 23.2 Å². The number of aryl methyl sites for hydroxylation is 1. The average Bonchev–Trinajstić information content (AvgIpc) is 2.83. The molecule has 7 rings (SSSR count). The summed E-state index contributed by atoms with van der Waals surface area (Å²) in [5.41, 5.74) is 2.93. The minimum Gasteiger partial charge on any atom is -0.345 e. The van der Waals surface area contributed by atoms with E-state index >= 15 is 0 Å². The van der Waals surface area contributed by atoms with Gasteiger partial charge in [0.25, 0.3) is 5.91 Å². The van der Waals surface area contributed by atoms with Crippen molar-refractivity contribution in [2.24, 2.45) is 23.2 Å². The van der Waals surface area contributed by atoms with Gasteiger partial charge in [-0.15, -0.1) is 0 Å². The van der Waals surface area contributed by atoms with E-state index in [1.807, 2.05) is 12.1 Å². The summed E-state index contributed by atoms with van der Waals surface area (Å²) in [6.45, 7) is 2.06. The number of sulfonamides is 1. The molecule has 0 spiro atoms. The van der Waals surface area contributed by atoms with Crippen LogP contribution < -0.4 is 10.0 Å². The molecule has 2 aromatic carbocycles. The van der Waals surface area contributed by atoms with Crippen molar-refractivity contribution in [2.75, 3.05) is 0 Å². The first-order chi connectivity index (χ1) is 16.8. The summed E-state index contributed by atoms with van der Waals surface area (Å²) < 4.78 is 29.9. The minimum absolute atomic E-state index is 0.0399. The Hall–Kier alpha value is -2.18. The zero-order valence-electron chi connectivity index (χ0n) is 20.5. The van der Waals surface area contributed by atoms with E-state index in [0.717, 1.165) is 56.3 Å².